The molecule has 1 fully saturated rings. The van der Waals surface area contributed by atoms with Crippen molar-refractivity contribution in [2.45, 2.75) is 32.2 Å². The fraction of sp³-hybridized carbons (Fsp3) is 0.435. The van der Waals surface area contributed by atoms with Crippen LogP contribution in [0.5, 0.6) is 0 Å². The Labute approximate surface area is 196 Å². The summed E-state index contributed by atoms with van der Waals surface area (Å²) >= 11 is 0. The highest BCUT2D eigenvalue weighted by Crippen LogP contribution is 2.33. The van der Waals surface area contributed by atoms with E-state index in [1.54, 1.807) is 4.90 Å². The number of carbonyl (C=O) groups is 1. The smallest absolute Gasteiger partial charge is 0.264 e. The molecule has 1 atom stereocenters. The lowest BCUT2D eigenvalue weighted by Gasteiger charge is -2.31. The third-order valence-electron chi connectivity index (χ3n) is 5.76. The van der Waals surface area contributed by atoms with Crippen LogP contribution in [0.2, 0.25) is 0 Å². The quantitative estimate of drug-likeness (QED) is 0.411. The molecule has 0 radical (unpaired) electrons. The highest BCUT2D eigenvalue weighted by molar-refractivity contribution is 6.10. The minimum Gasteiger partial charge on any atom is -0.404 e. The Kier molecular flexibility index (Phi) is 8.32. The van der Waals surface area contributed by atoms with Crippen molar-refractivity contribution in [3.63, 3.8) is 0 Å². The molecule has 184 valence electrons. The van der Waals surface area contributed by atoms with Crippen LogP contribution in [0.3, 0.4) is 0 Å². The zero-order chi connectivity index (χ0) is 24.8. The van der Waals surface area contributed by atoms with Crippen molar-refractivity contribution >= 4 is 29.2 Å². The average molecular weight is 479 g/mol. The minimum absolute atomic E-state index is 0.0519. The molecule has 8 nitrogen and oxygen atoms in total. The summed E-state index contributed by atoms with van der Waals surface area (Å²) in [5.41, 5.74) is 12.4. The summed E-state index contributed by atoms with van der Waals surface area (Å²) in [5.74, 6) is -1.03. The van der Waals surface area contributed by atoms with Crippen molar-refractivity contribution in [3.05, 3.63) is 46.5 Å². The lowest BCUT2D eigenvalue weighted by atomic mass is 9.99. The van der Waals surface area contributed by atoms with Crippen LogP contribution in [-0.4, -0.2) is 62.3 Å². The minimum atomic E-state index is -2.91. The first-order valence-electron chi connectivity index (χ1n) is 10.9. The number of halogens is 3. The van der Waals surface area contributed by atoms with Crippen LogP contribution in [0, 0.1) is 5.82 Å². The number of hydrogen-bond acceptors (Lipinski definition) is 6. The molecule has 0 aromatic heterocycles. The van der Waals surface area contributed by atoms with Gasteiger partial charge >= 0.3 is 0 Å². The number of benzene rings is 1. The van der Waals surface area contributed by atoms with Gasteiger partial charge in [-0.15, -0.1) is 0 Å². The lowest BCUT2D eigenvalue weighted by molar-refractivity contribution is -0.128. The summed E-state index contributed by atoms with van der Waals surface area (Å²) in [6.45, 7) is 3.29. The molecule has 11 heteroatoms. The summed E-state index contributed by atoms with van der Waals surface area (Å²) in [6, 6.07) is 1.99. The monoisotopic (exact) mass is 478 g/mol. The molecule has 0 bridgehead atoms. The van der Waals surface area contributed by atoms with Gasteiger partial charge in [-0.25, -0.2) is 18.2 Å². The SMILES string of the molecule is CN=CC(=CN)c1cc(F)c(N=C(N)C2=C(NC3CCOC3)CCN(C(C)=O)C2)cc1C(F)F. The number of ether oxygens (including phenoxy) is 1. The van der Waals surface area contributed by atoms with E-state index in [9.17, 15) is 18.0 Å². The molecular formula is C23H29F3N6O2. The normalized spacial score (nSPS) is 20.1. The molecule has 1 aromatic carbocycles. The van der Waals surface area contributed by atoms with E-state index in [-0.39, 0.29) is 41.2 Å². The number of rotatable bonds is 7. The number of nitrogens with two attached hydrogens (primary N) is 2. The molecule has 2 heterocycles. The first-order chi connectivity index (χ1) is 16.2. The molecule has 0 spiro atoms. The van der Waals surface area contributed by atoms with Gasteiger partial charge in [0.15, 0.2) is 0 Å². The van der Waals surface area contributed by atoms with Gasteiger partial charge < -0.3 is 26.4 Å². The Balaban J connectivity index is 2.04. The Hall–Kier alpha value is -3.34. The summed E-state index contributed by atoms with van der Waals surface area (Å²) in [7, 11) is 1.45. The molecule has 3 rings (SSSR count). The van der Waals surface area contributed by atoms with Gasteiger partial charge in [0.05, 0.1) is 19.2 Å². The highest BCUT2D eigenvalue weighted by atomic mass is 19.3. The van der Waals surface area contributed by atoms with Gasteiger partial charge in [-0.05, 0) is 24.1 Å². The first kappa shape index (κ1) is 25.3. The van der Waals surface area contributed by atoms with Gasteiger partial charge in [-0.1, -0.05) is 0 Å². The third-order valence-corrected chi connectivity index (χ3v) is 5.76. The van der Waals surface area contributed by atoms with Crippen LogP contribution in [0.15, 0.2) is 39.6 Å². The topological polar surface area (TPSA) is 118 Å². The van der Waals surface area contributed by atoms with E-state index in [1.807, 2.05) is 0 Å². The molecule has 2 aliphatic heterocycles. The Morgan fingerprint density at radius 1 is 1.38 bits per heavy atom. The molecule has 34 heavy (non-hydrogen) atoms. The van der Waals surface area contributed by atoms with E-state index in [4.69, 9.17) is 16.2 Å². The maximum atomic E-state index is 15.0. The van der Waals surface area contributed by atoms with Crippen LogP contribution in [-0.2, 0) is 9.53 Å². The number of nitrogens with one attached hydrogen (secondary N) is 1. The maximum Gasteiger partial charge on any atom is 0.264 e. The summed E-state index contributed by atoms with van der Waals surface area (Å²) in [5, 5.41) is 3.39. The first-order valence-corrected chi connectivity index (χ1v) is 10.9. The number of hydrogen-bond donors (Lipinski definition) is 3. The third kappa shape index (κ3) is 5.77. The van der Waals surface area contributed by atoms with Crippen molar-refractivity contribution in [1.82, 2.24) is 10.2 Å². The van der Waals surface area contributed by atoms with Crippen LogP contribution >= 0.6 is 0 Å². The number of amidine groups is 1. The summed E-state index contributed by atoms with van der Waals surface area (Å²) in [4.78, 5) is 21.5. The van der Waals surface area contributed by atoms with Gasteiger partial charge in [-0.2, -0.15) is 0 Å². The zero-order valence-electron chi connectivity index (χ0n) is 19.2. The molecule has 0 saturated carbocycles. The molecule has 1 saturated heterocycles. The van der Waals surface area contributed by atoms with Crippen molar-refractivity contribution in [3.8, 4) is 0 Å². The summed E-state index contributed by atoms with van der Waals surface area (Å²) in [6.07, 6.45) is 0.764. The number of aliphatic imine (C=N–C) groups is 2. The molecule has 1 amide bonds. The van der Waals surface area contributed by atoms with Crippen molar-refractivity contribution in [1.29, 1.82) is 0 Å². The standard InChI is InChI=1S/C23H29F3N6O2/c1-13(33)32-5-3-20(30-15-4-6-34-12-15)18(11-32)23(28)31-21-8-17(22(25)26)16(7-19(21)24)14(9-27)10-29-2/h7-10,15,22,30H,3-6,11-12,27H2,1-2H3,(H2,28,31). The van der Waals surface area contributed by atoms with Crippen LogP contribution in [0.1, 0.15) is 37.3 Å². The van der Waals surface area contributed by atoms with Gasteiger partial charge in [0.25, 0.3) is 6.43 Å². The van der Waals surface area contributed by atoms with Crippen molar-refractivity contribution in [2.75, 3.05) is 33.4 Å². The highest BCUT2D eigenvalue weighted by Gasteiger charge is 2.26. The predicted molar refractivity (Wildman–Crippen MR) is 125 cm³/mol. The van der Waals surface area contributed by atoms with Gasteiger partial charge in [0.1, 0.15) is 17.3 Å². The van der Waals surface area contributed by atoms with Crippen LogP contribution in [0.4, 0.5) is 18.9 Å². The maximum absolute atomic E-state index is 15.0. The van der Waals surface area contributed by atoms with E-state index >= 15 is 0 Å². The van der Waals surface area contributed by atoms with Gasteiger partial charge in [0.2, 0.25) is 5.91 Å². The Morgan fingerprint density at radius 2 is 2.15 bits per heavy atom. The van der Waals surface area contributed by atoms with Gasteiger partial charge in [-0.3, -0.25) is 9.79 Å². The molecule has 0 aliphatic carbocycles. The molecular weight excluding hydrogens is 449 g/mol. The number of allylic oxidation sites excluding steroid dienone is 1. The number of alkyl halides is 2. The second-order valence-electron chi connectivity index (χ2n) is 8.05. The van der Waals surface area contributed by atoms with E-state index in [1.165, 1.54) is 20.2 Å². The Morgan fingerprint density at radius 3 is 2.74 bits per heavy atom. The van der Waals surface area contributed by atoms with Crippen LogP contribution < -0.4 is 16.8 Å². The predicted octanol–water partition coefficient (Wildman–Crippen LogP) is 2.64. The molecule has 5 N–H and O–H groups in total. The second-order valence-corrected chi connectivity index (χ2v) is 8.05. The molecule has 2 aliphatic rings. The largest absolute Gasteiger partial charge is 0.404 e. The summed E-state index contributed by atoms with van der Waals surface area (Å²) < 4.78 is 48.0. The van der Waals surface area contributed by atoms with Crippen molar-refractivity contribution in [2.24, 2.45) is 21.5 Å². The van der Waals surface area contributed by atoms with E-state index < -0.39 is 17.8 Å². The fourth-order valence-electron chi connectivity index (χ4n) is 3.95. The number of amides is 1. The molecule has 1 unspecified atom stereocenters. The van der Waals surface area contributed by atoms with Crippen molar-refractivity contribution < 1.29 is 22.7 Å². The molecule has 1 aromatic rings. The average Bonchev–Trinajstić information content (AvgIpc) is 3.31. The van der Waals surface area contributed by atoms with E-state index in [0.29, 0.717) is 31.8 Å². The lowest BCUT2D eigenvalue weighted by Crippen LogP contribution is -2.43. The van der Waals surface area contributed by atoms with E-state index in [0.717, 1.165) is 30.5 Å². The van der Waals surface area contributed by atoms with E-state index in [2.05, 4.69) is 15.3 Å². The Bertz CT molecular complexity index is 1050. The fourth-order valence-corrected chi connectivity index (χ4v) is 3.95. The number of nitrogens with zero attached hydrogens (tertiary/aromatic N) is 3. The second kappa shape index (κ2) is 11.2. The zero-order valence-corrected chi connectivity index (χ0v) is 19.2. The number of carbonyl (C=O) groups excluding carboxylic acids is 1. The van der Waals surface area contributed by atoms with Gasteiger partial charge in [0, 0.05) is 68.4 Å². The van der Waals surface area contributed by atoms with Crippen LogP contribution in [0.25, 0.3) is 5.57 Å².